The standard InChI is InChI=1S/C12H17ClN2O5S2/c1-12(6-3-7-20-12)15(2)22(18,19)9-4-5-10(13)11(8-9)21(14,16)17/h4-5,8H,3,6-7H2,1-2H3,(H2,14,16,17). The average molecular weight is 369 g/mol. The Labute approximate surface area is 135 Å². The van der Waals surface area contributed by atoms with E-state index >= 15 is 0 Å². The fourth-order valence-corrected chi connectivity index (χ4v) is 4.91. The van der Waals surface area contributed by atoms with Crippen LogP contribution in [0.3, 0.4) is 0 Å². The zero-order chi connectivity index (χ0) is 16.8. The van der Waals surface area contributed by atoms with E-state index in [0.717, 1.165) is 16.8 Å². The average Bonchev–Trinajstić information content (AvgIpc) is 2.85. The summed E-state index contributed by atoms with van der Waals surface area (Å²) >= 11 is 5.77. The molecule has 22 heavy (non-hydrogen) atoms. The summed E-state index contributed by atoms with van der Waals surface area (Å²) in [6.07, 6.45) is 1.30. The van der Waals surface area contributed by atoms with Gasteiger partial charge in [0.1, 0.15) is 10.6 Å². The summed E-state index contributed by atoms with van der Waals surface area (Å²) in [5.74, 6) is 0. The molecule has 1 aliphatic rings. The first-order chi connectivity index (χ1) is 9.98. The summed E-state index contributed by atoms with van der Waals surface area (Å²) in [4.78, 5) is -0.638. The fourth-order valence-electron chi connectivity index (χ4n) is 2.29. The van der Waals surface area contributed by atoms with Crippen LogP contribution >= 0.6 is 11.6 Å². The van der Waals surface area contributed by atoms with Crippen molar-refractivity contribution in [3.63, 3.8) is 0 Å². The second-order valence-electron chi connectivity index (χ2n) is 5.24. The van der Waals surface area contributed by atoms with E-state index in [2.05, 4.69) is 0 Å². The molecule has 1 aromatic rings. The zero-order valence-electron chi connectivity index (χ0n) is 12.1. The number of hydrogen-bond donors (Lipinski definition) is 1. The first-order valence-electron chi connectivity index (χ1n) is 6.44. The van der Waals surface area contributed by atoms with Crippen LogP contribution < -0.4 is 5.14 Å². The van der Waals surface area contributed by atoms with Crippen LogP contribution in [0.2, 0.25) is 5.02 Å². The highest BCUT2D eigenvalue weighted by atomic mass is 35.5. The highest BCUT2D eigenvalue weighted by Gasteiger charge is 2.41. The van der Waals surface area contributed by atoms with Crippen LogP contribution in [-0.2, 0) is 24.8 Å². The second-order valence-corrected chi connectivity index (χ2v) is 9.14. The van der Waals surface area contributed by atoms with Crippen molar-refractivity contribution in [3.05, 3.63) is 23.2 Å². The maximum absolute atomic E-state index is 12.7. The van der Waals surface area contributed by atoms with Gasteiger partial charge in [-0.15, -0.1) is 0 Å². The Hall–Kier alpha value is -0.710. The van der Waals surface area contributed by atoms with Gasteiger partial charge in [0.25, 0.3) is 0 Å². The monoisotopic (exact) mass is 368 g/mol. The lowest BCUT2D eigenvalue weighted by Gasteiger charge is -2.33. The highest BCUT2D eigenvalue weighted by molar-refractivity contribution is 7.90. The Balaban J connectivity index is 2.51. The molecule has 124 valence electrons. The number of ether oxygens (including phenoxy) is 1. The number of rotatable bonds is 4. The molecule has 1 saturated heterocycles. The lowest BCUT2D eigenvalue weighted by molar-refractivity contribution is -0.0554. The van der Waals surface area contributed by atoms with Gasteiger partial charge in [0.2, 0.25) is 20.0 Å². The van der Waals surface area contributed by atoms with Gasteiger partial charge in [-0.1, -0.05) is 11.6 Å². The number of nitrogens with zero attached hydrogens (tertiary/aromatic N) is 1. The molecule has 1 heterocycles. The summed E-state index contributed by atoms with van der Waals surface area (Å²) in [5.41, 5.74) is -0.958. The van der Waals surface area contributed by atoms with Crippen LogP contribution in [0.15, 0.2) is 28.0 Å². The molecular weight excluding hydrogens is 352 g/mol. The Bertz CT molecular complexity index is 786. The molecule has 10 heteroatoms. The minimum atomic E-state index is -4.12. The van der Waals surface area contributed by atoms with Crippen LogP contribution in [0.1, 0.15) is 19.8 Å². The minimum Gasteiger partial charge on any atom is -0.360 e. The predicted molar refractivity (Wildman–Crippen MR) is 81.4 cm³/mol. The lowest BCUT2D eigenvalue weighted by atomic mass is 10.2. The minimum absolute atomic E-state index is 0.132. The van der Waals surface area contributed by atoms with E-state index in [1.807, 2.05) is 0 Å². The van der Waals surface area contributed by atoms with Crippen LogP contribution in [0, 0.1) is 0 Å². The Morgan fingerprint density at radius 3 is 2.45 bits per heavy atom. The molecule has 1 aliphatic heterocycles. The van der Waals surface area contributed by atoms with Crippen molar-refractivity contribution < 1.29 is 21.6 Å². The zero-order valence-corrected chi connectivity index (χ0v) is 14.5. The van der Waals surface area contributed by atoms with E-state index in [9.17, 15) is 16.8 Å². The molecule has 7 nitrogen and oxygen atoms in total. The van der Waals surface area contributed by atoms with Crippen LogP contribution in [0.5, 0.6) is 0 Å². The summed E-state index contributed by atoms with van der Waals surface area (Å²) in [5, 5.41) is 4.92. The van der Waals surface area contributed by atoms with Crippen LogP contribution in [0.4, 0.5) is 0 Å². The maximum atomic E-state index is 12.7. The van der Waals surface area contributed by atoms with E-state index in [4.69, 9.17) is 21.5 Å². The molecule has 2 N–H and O–H groups in total. The smallest absolute Gasteiger partial charge is 0.245 e. The molecule has 0 spiro atoms. The van der Waals surface area contributed by atoms with Gasteiger partial charge in [0.05, 0.1) is 9.92 Å². The molecule has 1 atom stereocenters. The van der Waals surface area contributed by atoms with E-state index in [-0.39, 0.29) is 9.92 Å². The van der Waals surface area contributed by atoms with Crippen molar-refractivity contribution in [2.45, 2.75) is 35.3 Å². The molecule has 0 amide bonds. The topological polar surface area (TPSA) is 107 Å². The third-order valence-corrected chi connectivity index (χ3v) is 7.08. The number of benzene rings is 1. The van der Waals surface area contributed by atoms with Crippen molar-refractivity contribution in [3.8, 4) is 0 Å². The fraction of sp³-hybridized carbons (Fsp3) is 0.500. The SMILES string of the molecule is CN(C1(C)CCCO1)S(=O)(=O)c1ccc(Cl)c(S(N)(=O)=O)c1. The molecule has 0 radical (unpaired) electrons. The quantitative estimate of drug-likeness (QED) is 0.857. The van der Waals surface area contributed by atoms with Gasteiger partial charge >= 0.3 is 0 Å². The van der Waals surface area contributed by atoms with Crippen LogP contribution in [-0.4, -0.2) is 40.5 Å². The lowest BCUT2D eigenvalue weighted by Crippen LogP contribution is -2.46. The number of hydrogen-bond acceptors (Lipinski definition) is 5. The number of nitrogens with two attached hydrogens (primary N) is 1. The molecule has 0 aliphatic carbocycles. The summed E-state index contributed by atoms with van der Waals surface area (Å²) in [6.45, 7) is 2.15. The summed E-state index contributed by atoms with van der Waals surface area (Å²) in [7, 11) is -6.68. The van der Waals surface area contributed by atoms with Crippen molar-refractivity contribution in [2.24, 2.45) is 5.14 Å². The molecule has 0 bridgehead atoms. The predicted octanol–water partition coefficient (Wildman–Crippen LogP) is 1.13. The van der Waals surface area contributed by atoms with Crippen LogP contribution in [0.25, 0.3) is 0 Å². The highest BCUT2D eigenvalue weighted by Crippen LogP contribution is 2.33. The summed E-state index contributed by atoms with van der Waals surface area (Å²) < 4.78 is 54.9. The Kier molecular flexibility index (Phi) is 4.60. The summed E-state index contributed by atoms with van der Waals surface area (Å²) in [6, 6.07) is 3.39. The first kappa shape index (κ1) is 17.6. The maximum Gasteiger partial charge on any atom is 0.245 e. The number of sulfonamides is 2. The van der Waals surface area contributed by atoms with E-state index in [1.54, 1.807) is 6.92 Å². The third kappa shape index (κ3) is 3.15. The van der Waals surface area contributed by atoms with Gasteiger partial charge in [-0.2, -0.15) is 4.31 Å². The van der Waals surface area contributed by atoms with E-state index in [0.29, 0.717) is 13.0 Å². The van der Waals surface area contributed by atoms with Gasteiger partial charge in [0.15, 0.2) is 0 Å². The molecule has 1 unspecified atom stereocenters. The molecule has 1 fully saturated rings. The van der Waals surface area contributed by atoms with Gasteiger partial charge in [-0.3, -0.25) is 0 Å². The molecule has 2 rings (SSSR count). The Morgan fingerprint density at radius 1 is 1.32 bits per heavy atom. The van der Waals surface area contributed by atoms with Crippen molar-refractivity contribution in [2.75, 3.05) is 13.7 Å². The largest absolute Gasteiger partial charge is 0.360 e. The van der Waals surface area contributed by atoms with E-state index < -0.39 is 30.7 Å². The second kappa shape index (κ2) is 5.73. The van der Waals surface area contributed by atoms with E-state index in [1.165, 1.54) is 19.2 Å². The van der Waals surface area contributed by atoms with Crippen molar-refractivity contribution >= 4 is 31.6 Å². The normalized spacial score (nSPS) is 23.1. The first-order valence-corrected chi connectivity index (χ1v) is 9.80. The number of halogens is 1. The van der Waals surface area contributed by atoms with Gasteiger partial charge in [0, 0.05) is 13.7 Å². The van der Waals surface area contributed by atoms with Crippen molar-refractivity contribution in [1.82, 2.24) is 4.31 Å². The molecule has 0 aromatic heterocycles. The van der Waals surface area contributed by atoms with Gasteiger partial charge in [-0.05, 0) is 38.0 Å². The Morgan fingerprint density at radius 2 is 1.95 bits per heavy atom. The van der Waals surface area contributed by atoms with Gasteiger partial charge in [-0.25, -0.2) is 22.0 Å². The molecular formula is C12H17ClN2O5S2. The third-order valence-electron chi connectivity index (χ3n) is 3.73. The molecule has 0 saturated carbocycles. The number of primary sulfonamides is 1. The molecule has 1 aromatic carbocycles. The van der Waals surface area contributed by atoms with Crippen molar-refractivity contribution in [1.29, 1.82) is 0 Å². The van der Waals surface area contributed by atoms with Gasteiger partial charge < -0.3 is 4.74 Å².